The number of rotatable bonds is 4. The van der Waals surface area contributed by atoms with Crippen LogP contribution in [0.15, 0.2) is 42.7 Å². The highest BCUT2D eigenvalue weighted by Crippen LogP contribution is 2.21. The van der Waals surface area contributed by atoms with Crippen LogP contribution in [0.3, 0.4) is 0 Å². The van der Waals surface area contributed by atoms with E-state index < -0.39 is 0 Å². The molecule has 2 nitrogen and oxygen atoms in total. The van der Waals surface area contributed by atoms with E-state index >= 15 is 0 Å². The van der Waals surface area contributed by atoms with E-state index in [0.29, 0.717) is 5.88 Å². The maximum absolute atomic E-state index is 5.84. The van der Waals surface area contributed by atoms with E-state index in [9.17, 15) is 0 Å². The summed E-state index contributed by atoms with van der Waals surface area (Å²) < 4.78 is 0. The first kappa shape index (κ1) is 13.1. The molecule has 1 aromatic heterocycles. The van der Waals surface area contributed by atoms with Crippen molar-refractivity contribution in [2.45, 2.75) is 12.4 Å². The second-order valence-corrected chi connectivity index (χ2v) is 4.92. The molecule has 0 amide bonds. The molecule has 2 aromatic rings. The lowest BCUT2D eigenvalue weighted by Gasteiger charge is -2.11. The molecule has 0 N–H and O–H groups in total. The Hall–Kier alpha value is -1.38. The Morgan fingerprint density at radius 3 is 2.56 bits per heavy atom. The van der Waals surface area contributed by atoms with Crippen LogP contribution in [0.4, 0.5) is 0 Å². The highest BCUT2D eigenvalue weighted by Gasteiger charge is 2.02. The minimum atomic E-state index is 0.498. The number of halogens is 1. The molecule has 0 atom stereocenters. The first-order valence-electron chi connectivity index (χ1n) is 5.93. The largest absolute Gasteiger partial charge is 0.305 e. The number of hydrogen-bond acceptors (Lipinski definition) is 2. The lowest BCUT2D eigenvalue weighted by atomic mass is 10.0. The van der Waals surface area contributed by atoms with Crippen LogP contribution in [-0.4, -0.2) is 24.0 Å². The van der Waals surface area contributed by atoms with Crippen molar-refractivity contribution in [1.82, 2.24) is 9.88 Å². The summed E-state index contributed by atoms with van der Waals surface area (Å²) >= 11 is 5.84. The molecule has 0 aliphatic carbocycles. The third kappa shape index (κ3) is 3.31. The second-order valence-electron chi connectivity index (χ2n) is 4.65. The normalized spacial score (nSPS) is 10.9. The van der Waals surface area contributed by atoms with Crippen LogP contribution in [0.1, 0.15) is 11.1 Å². The molecule has 0 unspecified atom stereocenters. The van der Waals surface area contributed by atoms with E-state index in [1.54, 1.807) is 6.20 Å². The Balaban J connectivity index is 2.32. The maximum atomic E-state index is 5.84. The Labute approximate surface area is 113 Å². The monoisotopic (exact) mass is 260 g/mol. The molecule has 0 aliphatic rings. The van der Waals surface area contributed by atoms with Crippen molar-refractivity contribution in [3.05, 3.63) is 53.9 Å². The van der Waals surface area contributed by atoms with Crippen LogP contribution in [0.25, 0.3) is 11.1 Å². The van der Waals surface area contributed by atoms with Gasteiger partial charge in [-0.3, -0.25) is 4.98 Å². The van der Waals surface area contributed by atoms with Crippen molar-refractivity contribution in [3.63, 3.8) is 0 Å². The quantitative estimate of drug-likeness (QED) is 0.782. The molecule has 0 bridgehead atoms. The molecule has 1 heterocycles. The molecule has 0 radical (unpaired) electrons. The van der Waals surface area contributed by atoms with E-state index in [0.717, 1.165) is 17.7 Å². The Bertz CT molecular complexity index is 523. The summed E-state index contributed by atoms with van der Waals surface area (Å²) in [6.45, 7) is 0.941. The summed E-state index contributed by atoms with van der Waals surface area (Å²) in [6.07, 6.45) is 3.69. The highest BCUT2D eigenvalue weighted by molar-refractivity contribution is 6.17. The van der Waals surface area contributed by atoms with Crippen molar-refractivity contribution in [2.75, 3.05) is 14.1 Å². The molecule has 18 heavy (non-hydrogen) atoms. The third-order valence-electron chi connectivity index (χ3n) is 2.71. The van der Waals surface area contributed by atoms with Crippen LogP contribution in [0.2, 0.25) is 0 Å². The van der Waals surface area contributed by atoms with Crippen molar-refractivity contribution in [3.8, 4) is 11.1 Å². The van der Waals surface area contributed by atoms with Crippen LogP contribution in [0.5, 0.6) is 0 Å². The maximum Gasteiger partial charge on any atom is 0.0489 e. The highest BCUT2D eigenvalue weighted by atomic mass is 35.5. The average molecular weight is 261 g/mol. The molecule has 0 saturated carbocycles. The second kappa shape index (κ2) is 5.98. The van der Waals surface area contributed by atoms with Gasteiger partial charge in [-0.05, 0) is 42.9 Å². The fourth-order valence-electron chi connectivity index (χ4n) is 1.93. The molecule has 0 spiro atoms. The predicted octanol–water partition coefficient (Wildman–Crippen LogP) is 3.55. The van der Waals surface area contributed by atoms with Crippen molar-refractivity contribution in [2.24, 2.45) is 0 Å². The number of alkyl halides is 1. The summed E-state index contributed by atoms with van der Waals surface area (Å²) in [7, 11) is 4.14. The van der Waals surface area contributed by atoms with Crippen molar-refractivity contribution < 1.29 is 0 Å². The number of pyridine rings is 1. The van der Waals surface area contributed by atoms with Gasteiger partial charge in [0.05, 0.1) is 0 Å². The molecule has 0 fully saturated rings. The first-order chi connectivity index (χ1) is 8.69. The fourth-order valence-corrected chi connectivity index (χ4v) is 2.08. The van der Waals surface area contributed by atoms with Gasteiger partial charge in [0.15, 0.2) is 0 Å². The van der Waals surface area contributed by atoms with Gasteiger partial charge in [0.1, 0.15) is 0 Å². The number of aromatic nitrogens is 1. The van der Waals surface area contributed by atoms with Gasteiger partial charge in [0.2, 0.25) is 0 Å². The van der Waals surface area contributed by atoms with Crippen LogP contribution in [0, 0.1) is 0 Å². The minimum Gasteiger partial charge on any atom is -0.305 e. The zero-order valence-electron chi connectivity index (χ0n) is 10.7. The zero-order chi connectivity index (χ0) is 13.0. The van der Waals surface area contributed by atoms with Gasteiger partial charge in [0.25, 0.3) is 0 Å². The molecule has 2 rings (SSSR count). The topological polar surface area (TPSA) is 16.1 Å². The van der Waals surface area contributed by atoms with E-state index in [1.807, 2.05) is 6.20 Å². The first-order valence-corrected chi connectivity index (χ1v) is 6.46. The average Bonchev–Trinajstić information content (AvgIpc) is 2.38. The molecule has 0 saturated heterocycles. The standard InChI is InChI=1S/C15H17ClN2/c1-18(2)11-12-4-3-5-14(6-12)15-7-13(8-16)9-17-10-15/h3-7,9-10H,8,11H2,1-2H3. The van der Waals surface area contributed by atoms with Gasteiger partial charge in [-0.15, -0.1) is 11.6 Å². The molecule has 3 heteroatoms. The molecular formula is C15H17ClN2. The van der Waals surface area contributed by atoms with E-state index in [1.165, 1.54) is 11.1 Å². The Morgan fingerprint density at radius 2 is 1.83 bits per heavy atom. The number of benzene rings is 1. The van der Waals surface area contributed by atoms with Gasteiger partial charge in [-0.25, -0.2) is 0 Å². The summed E-state index contributed by atoms with van der Waals surface area (Å²) in [6, 6.07) is 10.6. The number of hydrogen-bond donors (Lipinski definition) is 0. The number of nitrogens with zero attached hydrogens (tertiary/aromatic N) is 2. The molecule has 94 valence electrons. The Kier molecular flexibility index (Phi) is 4.34. The minimum absolute atomic E-state index is 0.498. The summed E-state index contributed by atoms with van der Waals surface area (Å²) in [5.41, 5.74) is 4.66. The van der Waals surface area contributed by atoms with Gasteiger partial charge in [-0.2, -0.15) is 0 Å². The SMILES string of the molecule is CN(C)Cc1cccc(-c2cncc(CCl)c2)c1. The predicted molar refractivity (Wildman–Crippen MR) is 76.6 cm³/mol. The third-order valence-corrected chi connectivity index (χ3v) is 3.02. The van der Waals surface area contributed by atoms with Crippen molar-refractivity contribution >= 4 is 11.6 Å². The summed E-state index contributed by atoms with van der Waals surface area (Å²) in [5.74, 6) is 0.498. The molecule has 0 aliphatic heterocycles. The van der Waals surface area contributed by atoms with Crippen LogP contribution in [-0.2, 0) is 12.4 Å². The van der Waals surface area contributed by atoms with Gasteiger partial charge >= 0.3 is 0 Å². The lowest BCUT2D eigenvalue weighted by molar-refractivity contribution is 0.402. The van der Waals surface area contributed by atoms with Crippen LogP contribution < -0.4 is 0 Å². The van der Waals surface area contributed by atoms with Gasteiger partial charge in [0, 0.05) is 30.4 Å². The zero-order valence-corrected chi connectivity index (χ0v) is 11.5. The molecular weight excluding hydrogens is 244 g/mol. The van der Waals surface area contributed by atoms with E-state index in [-0.39, 0.29) is 0 Å². The molecule has 1 aromatic carbocycles. The lowest BCUT2D eigenvalue weighted by Crippen LogP contribution is -2.10. The Morgan fingerprint density at radius 1 is 1.06 bits per heavy atom. The fraction of sp³-hybridized carbons (Fsp3) is 0.267. The van der Waals surface area contributed by atoms with Crippen molar-refractivity contribution in [1.29, 1.82) is 0 Å². The van der Waals surface area contributed by atoms with Crippen LogP contribution >= 0.6 is 11.6 Å². The van der Waals surface area contributed by atoms with E-state index in [2.05, 4.69) is 54.3 Å². The van der Waals surface area contributed by atoms with Gasteiger partial charge < -0.3 is 4.90 Å². The summed E-state index contributed by atoms with van der Waals surface area (Å²) in [4.78, 5) is 6.39. The smallest absolute Gasteiger partial charge is 0.0489 e. The van der Waals surface area contributed by atoms with E-state index in [4.69, 9.17) is 11.6 Å². The van der Waals surface area contributed by atoms with Gasteiger partial charge in [-0.1, -0.05) is 18.2 Å². The summed E-state index contributed by atoms with van der Waals surface area (Å²) in [5, 5.41) is 0.